The number of benzene rings is 2. The van der Waals surface area contributed by atoms with Crippen LogP contribution in [0.25, 0.3) is 0 Å². The summed E-state index contributed by atoms with van der Waals surface area (Å²) in [5, 5.41) is 2.46. The van der Waals surface area contributed by atoms with Gasteiger partial charge in [-0.1, -0.05) is 60.7 Å². The quantitative estimate of drug-likeness (QED) is 0.581. The predicted octanol–water partition coefficient (Wildman–Crippen LogP) is 2.66. The third-order valence-corrected chi connectivity index (χ3v) is 3.58. The maximum absolute atomic E-state index is 12.3. The number of alkyl carbamates (subject to hydrolysis) is 1. The van der Waals surface area contributed by atoms with Crippen LogP contribution < -0.4 is 5.32 Å². The maximum Gasteiger partial charge on any atom is 0.408 e. The number of nitrogens with one attached hydrogen (secondary N) is 1. The van der Waals surface area contributed by atoms with E-state index in [2.05, 4.69) is 5.32 Å². The lowest BCUT2D eigenvalue weighted by Crippen LogP contribution is -2.46. The van der Waals surface area contributed by atoms with Gasteiger partial charge < -0.3 is 14.8 Å². The minimum Gasteiger partial charge on any atom is -0.460 e. The highest BCUT2D eigenvalue weighted by molar-refractivity contribution is 6.36. The Bertz CT molecular complexity index is 730. The van der Waals surface area contributed by atoms with Crippen LogP contribution in [0.5, 0.6) is 0 Å². The van der Waals surface area contributed by atoms with Crippen LogP contribution in [0.15, 0.2) is 60.7 Å². The third-order valence-electron chi connectivity index (χ3n) is 3.58. The zero-order valence-electron chi connectivity index (χ0n) is 14.5. The molecule has 0 radical (unpaired) electrons. The van der Waals surface area contributed by atoms with Crippen LogP contribution in [0.1, 0.15) is 18.1 Å². The molecule has 26 heavy (non-hydrogen) atoms. The minimum absolute atomic E-state index is 0.0678. The molecule has 0 spiro atoms. The molecule has 6 heteroatoms. The highest BCUT2D eigenvalue weighted by Crippen LogP contribution is 2.06. The molecular formula is C20H21NO5. The van der Waals surface area contributed by atoms with E-state index in [-0.39, 0.29) is 19.6 Å². The van der Waals surface area contributed by atoms with Gasteiger partial charge in [0, 0.05) is 6.42 Å². The molecule has 1 N–H and O–H groups in total. The lowest BCUT2D eigenvalue weighted by atomic mass is 10.0. The molecule has 1 atom stereocenters. The second kappa shape index (κ2) is 9.98. The molecule has 2 rings (SSSR count). The normalized spacial score (nSPS) is 11.3. The Morgan fingerprint density at radius 3 is 2.04 bits per heavy atom. The number of ether oxygens (including phenoxy) is 2. The average Bonchev–Trinajstić information content (AvgIpc) is 2.67. The zero-order chi connectivity index (χ0) is 18.8. The first-order valence-electron chi connectivity index (χ1n) is 8.32. The molecule has 6 nitrogen and oxygen atoms in total. The smallest absolute Gasteiger partial charge is 0.408 e. The number of hydrogen-bond acceptors (Lipinski definition) is 5. The molecule has 136 valence electrons. The molecule has 0 aliphatic carbocycles. The van der Waals surface area contributed by atoms with Crippen LogP contribution in [0.2, 0.25) is 0 Å². The van der Waals surface area contributed by atoms with E-state index in [1.165, 1.54) is 0 Å². The van der Waals surface area contributed by atoms with Crippen molar-refractivity contribution in [3.63, 3.8) is 0 Å². The topological polar surface area (TPSA) is 81.7 Å². The summed E-state index contributed by atoms with van der Waals surface area (Å²) >= 11 is 0. The first kappa shape index (κ1) is 19.2. The zero-order valence-corrected chi connectivity index (χ0v) is 14.5. The van der Waals surface area contributed by atoms with Crippen LogP contribution in [-0.2, 0) is 32.1 Å². The van der Waals surface area contributed by atoms with E-state index in [0.717, 1.165) is 11.1 Å². The summed E-state index contributed by atoms with van der Waals surface area (Å²) in [5.41, 5.74) is 1.62. The van der Waals surface area contributed by atoms with E-state index in [9.17, 15) is 14.4 Å². The number of Topliss-reactive ketones (excluding diaryl/α,β-unsaturated/α-hetero) is 1. The second-order valence-electron chi connectivity index (χ2n) is 5.53. The fraction of sp³-hybridized carbons (Fsp3) is 0.250. The van der Waals surface area contributed by atoms with Crippen molar-refractivity contribution < 1.29 is 23.9 Å². The van der Waals surface area contributed by atoms with Crippen molar-refractivity contribution in [1.82, 2.24) is 5.32 Å². The van der Waals surface area contributed by atoms with E-state index in [1.807, 2.05) is 60.7 Å². The van der Waals surface area contributed by atoms with E-state index in [0.29, 0.717) is 0 Å². The van der Waals surface area contributed by atoms with Crippen LogP contribution in [0.3, 0.4) is 0 Å². The summed E-state index contributed by atoms with van der Waals surface area (Å²) < 4.78 is 9.88. The average molecular weight is 355 g/mol. The van der Waals surface area contributed by atoms with Crippen molar-refractivity contribution in [2.24, 2.45) is 0 Å². The third kappa shape index (κ3) is 6.05. The van der Waals surface area contributed by atoms with E-state index in [4.69, 9.17) is 9.47 Å². The van der Waals surface area contributed by atoms with Gasteiger partial charge in [-0.05, 0) is 18.1 Å². The Kier molecular flexibility index (Phi) is 7.36. The lowest BCUT2D eigenvalue weighted by molar-refractivity contribution is -0.154. The van der Waals surface area contributed by atoms with E-state index in [1.54, 1.807) is 6.92 Å². The van der Waals surface area contributed by atoms with Gasteiger partial charge in [-0.25, -0.2) is 9.59 Å². The Labute approximate surface area is 152 Å². The van der Waals surface area contributed by atoms with Crippen LogP contribution >= 0.6 is 0 Å². The first-order chi connectivity index (χ1) is 12.6. The number of carbonyl (C=O) groups is 3. The highest BCUT2D eigenvalue weighted by atomic mass is 16.6. The van der Waals surface area contributed by atoms with E-state index < -0.39 is 23.9 Å². The molecule has 0 saturated heterocycles. The fourth-order valence-electron chi connectivity index (χ4n) is 2.31. The van der Waals surface area contributed by atoms with Crippen molar-refractivity contribution in [2.45, 2.75) is 26.0 Å². The Hall–Kier alpha value is -3.15. The summed E-state index contributed by atoms with van der Waals surface area (Å²) in [6.07, 6.45) is -0.605. The van der Waals surface area contributed by atoms with Gasteiger partial charge in [0.05, 0.1) is 6.61 Å². The molecule has 0 fully saturated rings. The molecule has 0 unspecified atom stereocenters. The van der Waals surface area contributed by atoms with Gasteiger partial charge in [0.1, 0.15) is 12.6 Å². The van der Waals surface area contributed by atoms with E-state index >= 15 is 0 Å². The molecule has 0 aromatic heterocycles. The van der Waals surface area contributed by atoms with Crippen LogP contribution in [-0.4, -0.2) is 30.5 Å². The summed E-state index contributed by atoms with van der Waals surface area (Å²) in [6.45, 7) is 1.76. The molecular weight excluding hydrogens is 334 g/mol. The molecule has 0 saturated carbocycles. The van der Waals surface area contributed by atoms with Crippen molar-refractivity contribution in [3.8, 4) is 0 Å². The van der Waals surface area contributed by atoms with Crippen molar-refractivity contribution >= 4 is 17.8 Å². The Morgan fingerprint density at radius 2 is 1.46 bits per heavy atom. The summed E-state index contributed by atoms with van der Waals surface area (Å²) in [5.74, 6) is -1.79. The number of carbonyl (C=O) groups excluding carboxylic acids is 3. The van der Waals surface area contributed by atoms with Crippen molar-refractivity contribution in [2.75, 3.05) is 6.61 Å². The Balaban J connectivity index is 2.01. The molecule has 2 aromatic carbocycles. The molecule has 0 heterocycles. The lowest BCUT2D eigenvalue weighted by Gasteiger charge is -2.17. The van der Waals surface area contributed by atoms with Crippen molar-refractivity contribution in [3.05, 3.63) is 71.8 Å². The van der Waals surface area contributed by atoms with Crippen LogP contribution in [0.4, 0.5) is 4.79 Å². The number of ketones is 1. The summed E-state index contributed by atoms with van der Waals surface area (Å²) in [6, 6.07) is 17.2. The van der Waals surface area contributed by atoms with Crippen molar-refractivity contribution in [1.29, 1.82) is 0 Å². The number of amides is 1. The molecule has 0 aliphatic heterocycles. The monoisotopic (exact) mass is 355 g/mol. The largest absolute Gasteiger partial charge is 0.460 e. The molecule has 0 bridgehead atoms. The van der Waals surface area contributed by atoms with Gasteiger partial charge in [-0.2, -0.15) is 0 Å². The standard InChI is InChI=1S/C20H21NO5/c1-2-25-19(23)18(22)17(13-15-9-5-3-6-10-15)21-20(24)26-14-16-11-7-4-8-12-16/h3-12,17H,2,13-14H2,1H3,(H,21,24)/t17-/m0/s1. The minimum atomic E-state index is -1.06. The highest BCUT2D eigenvalue weighted by Gasteiger charge is 2.28. The maximum atomic E-state index is 12.3. The number of esters is 1. The first-order valence-corrected chi connectivity index (χ1v) is 8.32. The van der Waals surface area contributed by atoms with Gasteiger partial charge in [-0.3, -0.25) is 4.79 Å². The van der Waals surface area contributed by atoms with Gasteiger partial charge in [-0.15, -0.1) is 0 Å². The molecule has 2 aromatic rings. The van der Waals surface area contributed by atoms with Gasteiger partial charge >= 0.3 is 12.1 Å². The summed E-state index contributed by atoms with van der Waals surface area (Å²) in [4.78, 5) is 36.1. The SMILES string of the molecule is CCOC(=O)C(=O)[C@H](Cc1ccccc1)NC(=O)OCc1ccccc1. The number of hydrogen-bond donors (Lipinski definition) is 1. The predicted molar refractivity (Wildman–Crippen MR) is 95.3 cm³/mol. The second-order valence-corrected chi connectivity index (χ2v) is 5.53. The molecule has 0 aliphatic rings. The number of rotatable bonds is 8. The van der Waals surface area contributed by atoms with Gasteiger partial charge in [0.15, 0.2) is 0 Å². The van der Waals surface area contributed by atoms with Gasteiger partial charge in [0.25, 0.3) is 5.78 Å². The summed E-state index contributed by atoms with van der Waals surface area (Å²) in [7, 11) is 0. The van der Waals surface area contributed by atoms with Gasteiger partial charge in [0.2, 0.25) is 0 Å². The Morgan fingerprint density at radius 1 is 0.885 bits per heavy atom. The fourth-order valence-corrected chi connectivity index (χ4v) is 2.31. The van der Waals surface area contributed by atoms with Crippen LogP contribution in [0, 0.1) is 0 Å². The molecule has 1 amide bonds.